The third-order valence-electron chi connectivity index (χ3n) is 2.16. The zero-order chi connectivity index (χ0) is 10.7. The van der Waals surface area contributed by atoms with Crippen LogP contribution in [0.25, 0.3) is 0 Å². The van der Waals surface area contributed by atoms with Crippen molar-refractivity contribution in [3.8, 4) is 0 Å². The molecule has 2 nitrogen and oxygen atoms in total. The average Bonchev–Trinajstić information content (AvgIpc) is 2.15. The van der Waals surface area contributed by atoms with Crippen molar-refractivity contribution in [2.24, 2.45) is 0 Å². The maximum absolute atomic E-state index is 13.6. The van der Waals surface area contributed by atoms with Crippen molar-refractivity contribution >= 4 is 15.9 Å². The molecule has 0 aliphatic rings. The number of nitrogens with one attached hydrogen (secondary N) is 1. The van der Waals surface area contributed by atoms with Gasteiger partial charge in [-0.15, -0.1) is 0 Å². The quantitative estimate of drug-likeness (QED) is 0.846. The summed E-state index contributed by atoms with van der Waals surface area (Å²) >= 11 is 3.39. The maximum Gasteiger partial charge on any atom is 0.131 e. The van der Waals surface area contributed by atoms with Crippen LogP contribution in [0.5, 0.6) is 0 Å². The summed E-state index contributed by atoms with van der Waals surface area (Å²) in [6.07, 6.45) is 0. The highest BCUT2D eigenvalue weighted by Gasteiger charge is 2.11. The van der Waals surface area contributed by atoms with E-state index in [1.807, 2.05) is 6.92 Å². The first-order chi connectivity index (χ1) is 6.57. The van der Waals surface area contributed by atoms with E-state index in [9.17, 15) is 4.39 Å². The minimum absolute atomic E-state index is 0.171. The Kier molecular flexibility index (Phi) is 4.04. The van der Waals surface area contributed by atoms with E-state index in [1.54, 1.807) is 13.0 Å². The molecule has 0 spiro atoms. The number of hydrogen-bond acceptors (Lipinski definition) is 2. The summed E-state index contributed by atoms with van der Waals surface area (Å²) in [6.45, 7) is 3.99. The molecule has 4 heteroatoms. The van der Waals surface area contributed by atoms with Gasteiger partial charge >= 0.3 is 0 Å². The SMILES string of the molecule is CONCc1c(C)c(Br)cc(C)c1F. The normalized spacial score (nSPS) is 10.6. The molecule has 0 fully saturated rings. The predicted octanol–water partition coefficient (Wildman–Crippen LogP) is 2.86. The van der Waals surface area contributed by atoms with Gasteiger partial charge in [0.25, 0.3) is 0 Å². The molecule has 0 unspecified atom stereocenters. The Labute approximate surface area is 91.5 Å². The van der Waals surface area contributed by atoms with Gasteiger partial charge in [-0.3, -0.25) is 0 Å². The highest BCUT2D eigenvalue weighted by atomic mass is 79.9. The van der Waals surface area contributed by atoms with Crippen LogP contribution >= 0.6 is 15.9 Å². The standard InChI is InChI=1S/C10H13BrFNO/c1-6-4-9(11)7(2)8(10(6)12)5-13-14-3/h4,13H,5H2,1-3H3. The predicted molar refractivity (Wildman–Crippen MR) is 57.4 cm³/mol. The zero-order valence-corrected chi connectivity index (χ0v) is 10.0. The molecule has 0 heterocycles. The second-order valence-electron chi connectivity index (χ2n) is 3.12. The summed E-state index contributed by atoms with van der Waals surface area (Å²) < 4.78 is 14.6. The Balaban J connectivity index is 3.11. The number of rotatable bonds is 3. The number of hydroxylamine groups is 1. The smallest absolute Gasteiger partial charge is 0.131 e. The summed E-state index contributed by atoms with van der Waals surface area (Å²) in [5.41, 5.74) is 4.81. The van der Waals surface area contributed by atoms with Crippen LogP contribution in [0.2, 0.25) is 0 Å². The second kappa shape index (κ2) is 4.87. The summed E-state index contributed by atoms with van der Waals surface area (Å²) in [7, 11) is 1.51. The van der Waals surface area contributed by atoms with Crippen molar-refractivity contribution in [2.45, 2.75) is 20.4 Å². The summed E-state index contributed by atoms with van der Waals surface area (Å²) in [5.74, 6) is -0.171. The van der Waals surface area contributed by atoms with E-state index in [2.05, 4.69) is 21.4 Å². The molecule has 14 heavy (non-hydrogen) atoms. The summed E-state index contributed by atoms with van der Waals surface area (Å²) in [4.78, 5) is 4.70. The van der Waals surface area contributed by atoms with E-state index in [1.165, 1.54) is 7.11 Å². The molecule has 0 atom stereocenters. The lowest BCUT2D eigenvalue weighted by Crippen LogP contribution is -2.14. The van der Waals surface area contributed by atoms with Gasteiger partial charge in [0, 0.05) is 16.6 Å². The van der Waals surface area contributed by atoms with Gasteiger partial charge in [-0.25, -0.2) is 4.39 Å². The Morgan fingerprint density at radius 2 is 2.14 bits per heavy atom. The van der Waals surface area contributed by atoms with Crippen LogP contribution in [0.4, 0.5) is 4.39 Å². The molecule has 0 bridgehead atoms. The maximum atomic E-state index is 13.6. The molecule has 0 aliphatic carbocycles. The third-order valence-corrected chi connectivity index (χ3v) is 2.98. The van der Waals surface area contributed by atoms with Crippen molar-refractivity contribution in [1.29, 1.82) is 0 Å². The Hall–Kier alpha value is -0.450. The van der Waals surface area contributed by atoms with E-state index >= 15 is 0 Å². The van der Waals surface area contributed by atoms with Gasteiger partial charge in [0.2, 0.25) is 0 Å². The first-order valence-corrected chi connectivity index (χ1v) is 5.07. The van der Waals surface area contributed by atoms with Crippen LogP contribution in [-0.2, 0) is 11.4 Å². The largest absolute Gasteiger partial charge is 0.305 e. The molecule has 78 valence electrons. The van der Waals surface area contributed by atoms with Crippen molar-refractivity contribution in [3.63, 3.8) is 0 Å². The van der Waals surface area contributed by atoms with Gasteiger partial charge in [-0.1, -0.05) is 15.9 Å². The van der Waals surface area contributed by atoms with Gasteiger partial charge in [0.15, 0.2) is 0 Å². The van der Waals surface area contributed by atoms with Crippen molar-refractivity contribution in [2.75, 3.05) is 7.11 Å². The molecule has 1 rings (SSSR count). The highest BCUT2D eigenvalue weighted by Crippen LogP contribution is 2.25. The van der Waals surface area contributed by atoms with Gasteiger partial charge < -0.3 is 4.84 Å². The molecule has 0 saturated carbocycles. The number of benzene rings is 1. The monoisotopic (exact) mass is 261 g/mol. The lowest BCUT2D eigenvalue weighted by molar-refractivity contribution is 0.0857. The minimum atomic E-state index is -0.171. The van der Waals surface area contributed by atoms with Crippen LogP contribution in [0.1, 0.15) is 16.7 Å². The molecule has 1 aromatic rings. The molecule has 0 radical (unpaired) electrons. The molecule has 0 amide bonds. The van der Waals surface area contributed by atoms with Gasteiger partial charge in [0.1, 0.15) is 5.82 Å². The van der Waals surface area contributed by atoms with E-state index in [-0.39, 0.29) is 5.82 Å². The minimum Gasteiger partial charge on any atom is -0.305 e. The molecule has 1 aromatic carbocycles. The number of halogens is 2. The van der Waals surface area contributed by atoms with Gasteiger partial charge in [0.05, 0.1) is 7.11 Å². The highest BCUT2D eigenvalue weighted by molar-refractivity contribution is 9.10. The fraction of sp³-hybridized carbons (Fsp3) is 0.400. The average molecular weight is 262 g/mol. The van der Waals surface area contributed by atoms with Crippen LogP contribution in [0.15, 0.2) is 10.5 Å². The lowest BCUT2D eigenvalue weighted by atomic mass is 10.0. The van der Waals surface area contributed by atoms with Crippen molar-refractivity contribution in [1.82, 2.24) is 5.48 Å². The van der Waals surface area contributed by atoms with E-state index in [0.29, 0.717) is 17.7 Å². The number of aryl methyl sites for hydroxylation is 1. The van der Waals surface area contributed by atoms with Crippen LogP contribution in [-0.4, -0.2) is 7.11 Å². The van der Waals surface area contributed by atoms with Gasteiger partial charge in [-0.05, 0) is 31.0 Å². The fourth-order valence-corrected chi connectivity index (χ4v) is 1.85. The van der Waals surface area contributed by atoms with Crippen molar-refractivity contribution in [3.05, 3.63) is 33.0 Å². The molecular weight excluding hydrogens is 249 g/mol. The third kappa shape index (κ3) is 2.32. The van der Waals surface area contributed by atoms with E-state index in [0.717, 1.165) is 10.0 Å². The number of hydrogen-bond donors (Lipinski definition) is 1. The van der Waals surface area contributed by atoms with Crippen LogP contribution in [0, 0.1) is 19.7 Å². The second-order valence-corrected chi connectivity index (χ2v) is 3.97. The fourth-order valence-electron chi connectivity index (χ4n) is 1.26. The van der Waals surface area contributed by atoms with E-state index in [4.69, 9.17) is 4.84 Å². The Morgan fingerprint density at radius 3 is 2.71 bits per heavy atom. The zero-order valence-electron chi connectivity index (χ0n) is 8.45. The summed E-state index contributed by atoms with van der Waals surface area (Å²) in [5, 5.41) is 0. The van der Waals surface area contributed by atoms with Gasteiger partial charge in [-0.2, -0.15) is 5.48 Å². The molecule has 0 aromatic heterocycles. The molecule has 0 saturated heterocycles. The molecule has 0 aliphatic heterocycles. The summed E-state index contributed by atoms with van der Waals surface area (Å²) in [6, 6.07) is 1.78. The molecular formula is C10H13BrFNO. The van der Waals surface area contributed by atoms with Crippen LogP contribution < -0.4 is 5.48 Å². The first kappa shape index (κ1) is 11.6. The van der Waals surface area contributed by atoms with Crippen molar-refractivity contribution < 1.29 is 9.23 Å². The Bertz CT molecular complexity index is 315. The van der Waals surface area contributed by atoms with E-state index < -0.39 is 0 Å². The van der Waals surface area contributed by atoms with Crippen LogP contribution in [0.3, 0.4) is 0 Å². The lowest BCUT2D eigenvalue weighted by Gasteiger charge is -2.11. The first-order valence-electron chi connectivity index (χ1n) is 4.27. The Morgan fingerprint density at radius 1 is 1.50 bits per heavy atom. The topological polar surface area (TPSA) is 21.3 Å². The molecule has 1 N–H and O–H groups in total.